The van der Waals surface area contributed by atoms with E-state index in [0.29, 0.717) is 0 Å². The molecule has 0 saturated carbocycles. The summed E-state index contributed by atoms with van der Waals surface area (Å²) in [5.41, 5.74) is 5.01. The Labute approximate surface area is 57.9 Å². The number of hydrogen-bond donors (Lipinski definition) is 2. The van der Waals surface area contributed by atoms with Gasteiger partial charge in [0.2, 0.25) is 0 Å². The lowest BCUT2D eigenvalue weighted by Crippen LogP contribution is -2.28. The topological polar surface area (TPSA) is 81.5 Å². The Kier molecular flexibility index (Phi) is 2.80. The molecule has 0 rings (SSSR count). The number of nitrogens with zero attached hydrogens (tertiary/aromatic N) is 1. The highest BCUT2D eigenvalue weighted by molar-refractivity contribution is 7.82. The lowest BCUT2D eigenvalue weighted by molar-refractivity contribution is -0.110. The lowest BCUT2D eigenvalue weighted by atomic mass is 10.3. The van der Waals surface area contributed by atoms with E-state index in [4.69, 9.17) is 11.6 Å². The number of nitrogens with two attached hydrogens (primary N) is 2. The van der Waals surface area contributed by atoms with Gasteiger partial charge in [0, 0.05) is 6.92 Å². The highest BCUT2D eigenvalue weighted by Crippen LogP contribution is 1.78. The highest BCUT2D eigenvalue weighted by Gasteiger charge is 2.06. The minimum atomic E-state index is -0.315. The van der Waals surface area contributed by atoms with Crippen LogP contribution in [0, 0.1) is 0 Å². The molecule has 0 fully saturated rings. The minimum Gasteiger partial charge on any atom is -0.388 e. The van der Waals surface area contributed by atoms with Crippen LogP contribution in [0.15, 0.2) is 5.10 Å². The predicted octanol–water partition coefficient (Wildman–Crippen LogP) is -0.824. The first kappa shape index (κ1) is 8.03. The fraction of sp³-hybridized carbons (Fsp3) is 0.250. The fourth-order valence-electron chi connectivity index (χ4n) is 0.328. The normalized spacial score (nSPS) is 11.0. The van der Waals surface area contributed by atoms with Crippen LogP contribution in [-0.2, 0) is 4.79 Å². The largest absolute Gasteiger partial charge is 0.388 e. The van der Waals surface area contributed by atoms with E-state index >= 15 is 0 Å². The van der Waals surface area contributed by atoms with Gasteiger partial charge in [0.05, 0.1) is 0 Å². The van der Waals surface area contributed by atoms with Crippen molar-refractivity contribution in [1.82, 2.24) is 0 Å². The molecule has 5 heteroatoms. The standard InChI is InChI=1S/C4H7N3OS/c1-2(8)3(7-6)4(5)9/h6H2,1H3,(H2,5,9). The molecule has 0 radical (unpaired) electrons. The maximum atomic E-state index is 10.4. The van der Waals surface area contributed by atoms with Crippen molar-refractivity contribution in [2.75, 3.05) is 0 Å². The van der Waals surface area contributed by atoms with Crippen molar-refractivity contribution in [1.29, 1.82) is 0 Å². The van der Waals surface area contributed by atoms with Gasteiger partial charge < -0.3 is 11.6 Å². The summed E-state index contributed by atoms with van der Waals surface area (Å²) in [4.78, 5) is 10.4. The summed E-state index contributed by atoms with van der Waals surface area (Å²) in [7, 11) is 0. The van der Waals surface area contributed by atoms with Crippen LogP contribution in [0.5, 0.6) is 0 Å². The first-order valence-electron chi connectivity index (χ1n) is 2.18. The molecule has 0 aromatic rings. The number of Topliss-reactive ketones (excluding diaryl/α,β-unsaturated/α-hetero) is 1. The van der Waals surface area contributed by atoms with Crippen molar-refractivity contribution in [2.24, 2.45) is 16.7 Å². The van der Waals surface area contributed by atoms with Crippen LogP contribution in [-0.4, -0.2) is 16.5 Å². The van der Waals surface area contributed by atoms with Gasteiger partial charge in [-0.3, -0.25) is 4.79 Å². The zero-order valence-electron chi connectivity index (χ0n) is 4.92. The maximum Gasteiger partial charge on any atom is 0.182 e. The molecule has 0 bridgehead atoms. The smallest absolute Gasteiger partial charge is 0.182 e. The quantitative estimate of drug-likeness (QED) is 0.230. The molecule has 0 atom stereocenters. The molecule has 0 aliphatic rings. The Hall–Kier alpha value is -0.970. The third kappa shape index (κ3) is 2.18. The molecule has 9 heavy (non-hydrogen) atoms. The van der Waals surface area contributed by atoms with Gasteiger partial charge in [-0.15, -0.1) is 0 Å². The molecule has 0 saturated heterocycles. The van der Waals surface area contributed by atoms with Crippen LogP contribution in [0.1, 0.15) is 6.92 Å². The second-order valence-corrected chi connectivity index (χ2v) is 1.84. The van der Waals surface area contributed by atoms with Gasteiger partial charge in [0.1, 0.15) is 4.99 Å². The zero-order valence-corrected chi connectivity index (χ0v) is 5.73. The van der Waals surface area contributed by atoms with Crippen molar-refractivity contribution in [3.05, 3.63) is 0 Å². The Balaban J connectivity index is 4.38. The molecule has 50 valence electrons. The van der Waals surface area contributed by atoms with Crippen molar-refractivity contribution in [3.63, 3.8) is 0 Å². The van der Waals surface area contributed by atoms with E-state index in [9.17, 15) is 4.79 Å². The Morgan fingerprint density at radius 3 is 2.11 bits per heavy atom. The number of carbonyl (C=O) groups is 1. The molecule has 0 spiro atoms. The van der Waals surface area contributed by atoms with Crippen LogP contribution in [0.2, 0.25) is 0 Å². The molecule has 4 N–H and O–H groups in total. The summed E-state index contributed by atoms with van der Waals surface area (Å²) in [6.45, 7) is 1.30. The summed E-state index contributed by atoms with van der Waals surface area (Å²) >= 11 is 4.44. The summed E-state index contributed by atoms with van der Waals surface area (Å²) < 4.78 is 0. The molecule has 0 aromatic carbocycles. The van der Waals surface area contributed by atoms with Gasteiger partial charge in [-0.2, -0.15) is 5.10 Å². The summed E-state index contributed by atoms with van der Waals surface area (Å²) in [5, 5.41) is 3.09. The number of rotatable bonds is 2. The molecule has 0 aliphatic heterocycles. The number of hydrazone groups is 1. The van der Waals surface area contributed by atoms with E-state index in [-0.39, 0.29) is 16.5 Å². The summed E-state index contributed by atoms with van der Waals surface area (Å²) in [6.07, 6.45) is 0. The van der Waals surface area contributed by atoms with Crippen LogP contribution < -0.4 is 11.6 Å². The van der Waals surface area contributed by atoms with E-state index < -0.39 is 0 Å². The van der Waals surface area contributed by atoms with Gasteiger partial charge in [-0.25, -0.2) is 0 Å². The maximum absolute atomic E-state index is 10.4. The molecule has 0 unspecified atom stereocenters. The van der Waals surface area contributed by atoms with E-state index in [1.54, 1.807) is 0 Å². The molecular formula is C4H7N3OS. The van der Waals surface area contributed by atoms with Crippen molar-refractivity contribution in [2.45, 2.75) is 6.92 Å². The Morgan fingerprint density at radius 1 is 1.67 bits per heavy atom. The van der Waals surface area contributed by atoms with Crippen molar-refractivity contribution >= 4 is 28.7 Å². The number of carbonyl (C=O) groups excluding carboxylic acids is 1. The van der Waals surface area contributed by atoms with Crippen LogP contribution in [0.3, 0.4) is 0 Å². The SMILES string of the molecule is CC(=O)C(=NN)C(N)=S. The van der Waals surface area contributed by atoms with E-state index in [2.05, 4.69) is 17.3 Å². The molecular weight excluding hydrogens is 138 g/mol. The highest BCUT2D eigenvalue weighted by atomic mass is 32.1. The first-order valence-corrected chi connectivity index (χ1v) is 2.59. The van der Waals surface area contributed by atoms with E-state index in [0.717, 1.165) is 0 Å². The van der Waals surface area contributed by atoms with Gasteiger partial charge in [-0.1, -0.05) is 12.2 Å². The summed E-state index contributed by atoms with van der Waals surface area (Å²) in [5.74, 6) is 4.46. The van der Waals surface area contributed by atoms with Gasteiger partial charge in [0.15, 0.2) is 11.5 Å². The summed E-state index contributed by atoms with van der Waals surface area (Å²) in [6, 6.07) is 0. The van der Waals surface area contributed by atoms with Crippen LogP contribution in [0.4, 0.5) is 0 Å². The van der Waals surface area contributed by atoms with E-state index in [1.807, 2.05) is 0 Å². The van der Waals surface area contributed by atoms with Gasteiger partial charge in [0.25, 0.3) is 0 Å². The molecule has 4 nitrogen and oxygen atoms in total. The van der Waals surface area contributed by atoms with E-state index in [1.165, 1.54) is 6.92 Å². The molecule has 0 aromatic heterocycles. The second kappa shape index (κ2) is 3.13. The predicted molar refractivity (Wildman–Crippen MR) is 39.1 cm³/mol. The Bertz CT molecular complexity index is 159. The third-order valence-electron chi connectivity index (χ3n) is 0.696. The zero-order chi connectivity index (χ0) is 7.44. The van der Waals surface area contributed by atoms with Crippen molar-refractivity contribution < 1.29 is 4.79 Å². The van der Waals surface area contributed by atoms with Crippen LogP contribution >= 0.6 is 12.2 Å². The Morgan fingerprint density at radius 2 is 2.11 bits per heavy atom. The lowest BCUT2D eigenvalue weighted by Gasteiger charge is -1.93. The molecule has 0 aliphatic carbocycles. The average molecular weight is 145 g/mol. The van der Waals surface area contributed by atoms with Gasteiger partial charge >= 0.3 is 0 Å². The van der Waals surface area contributed by atoms with Crippen LogP contribution in [0.25, 0.3) is 0 Å². The van der Waals surface area contributed by atoms with Crippen molar-refractivity contribution in [3.8, 4) is 0 Å². The first-order chi connectivity index (χ1) is 4.09. The second-order valence-electron chi connectivity index (χ2n) is 1.40. The third-order valence-corrected chi connectivity index (χ3v) is 0.889. The number of hydrogen-bond acceptors (Lipinski definition) is 4. The fourth-order valence-corrected chi connectivity index (χ4v) is 0.524. The minimum absolute atomic E-state index is 0.0370. The number of thiocarbonyl (C=S) groups is 1. The average Bonchev–Trinajstić information content (AvgIpc) is 1.64. The monoisotopic (exact) mass is 145 g/mol. The number of ketones is 1. The van der Waals surface area contributed by atoms with Gasteiger partial charge in [-0.05, 0) is 0 Å². The molecule has 0 heterocycles. The molecule has 0 amide bonds.